The Morgan fingerprint density at radius 1 is 1.15 bits per heavy atom. The number of carbonyl (C=O) groups is 1. The van der Waals surface area contributed by atoms with Crippen LogP contribution in [0.3, 0.4) is 0 Å². The molecule has 0 bridgehead atoms. The Hall–Kier alpha value is -2.66. The van der Waals surface area contributed by atoms with Crippen molar-refractivity contribution >= 4 is 17.5 Å². The van der Waals surface area contributed by atoms with E-state index in [4.69, 9.17) is 11.6 Å². The Morgan fingerprint density at radius 3 is 2.62 bits per heavy atom. The van der Waals surface area contributed by atoms with Crippen LogP contribution in [0.2, 0.25) is 5.02 Å². The van der Waals surface area contributed by atoms with Gasteiger partial charge in [0.1, 0.15) is 5.82 Å². The third-order valence-corrected chi connectivity index (χ3v) is 4.38. The van der Waals surface area contributed by atoms with Crippen LogP contribution in [0.15, 0.2) is 54.6 Å². The van der Waals surface area contributed by atoms with Gasteiger partial charge < -0.3 is 5.32 Å². The van der Waals surface area contributed by atoms with Gasteiger partial charge in [0.15, 0.2) is 5.82 Å². The van der Waals surface area contributed by atoms with E-state index < -0.39 is 0 Å². The van der Waals surface area contributed by atoms with Gasteiger partial charge in [-0.3, -0.25) is 9.89 Å². The van der Waals surface area contributed by atoms with Gasteiger partial charge in [0, 0.05) is 29.5 Å². The summed E-state index contributed by atoms with van der Waals surface area (Å²) in [7, 11) is 0. The number of nitrogens with one attached hydrogen (secondary N) is 2. The van der Waals surface area contributed by atoms with Crippen molar-refractivity contribution in [2.24, 2.45) is 5.92 Å². The highest BCUT2D eigenvalue weighted by molar-refractivity contribution is 6.30. The van der Waals surface area contributed by atoms with Crippen LogP contribution in [-0.4, -0.2) is 27.6 Å². The molecule has 0 aliphatic heterocycles. The molecule has 3 aromatic rings. The highest BCUT2D eigenvalue weighted by atomic mass is 35.5. The zero-order chi connectivity index (χ0) is 18.4. The Labute approximate surface area is 157 Å². The first-order valence-electron chi connectivity index (χ1n) is 8.60. The second-order valence-corrected chi connectivity index (χ2v) is 6.68. The molecule has 1 aromatic heterocycles. The topological polar surface area (TPSA) is 70.7 Å². The standard InChI is InChI=1S/C20H21ClN4O/c1-14(13-15-5-3-2-4-6-15)20(26)22-12-11-18-23-19(25-24-18)16-7-9-17(21)10-8-16/h2-10,14H,11-13H2,1H3,(H,22,26)(H,23,24,25)/t14-/m1/s1. The quantitative estimate of drug-likeness (QED) is 0.668. The van der Waals surface area contributed by atoms with Gasteiger partial charge in [0.2, 0.25) is 5.91 Å². The monoisotopic (exact) mass is 368 g/mol. The smallest absolute Gasteiger partial charge is 0.223 e. The third-order valence-electron chi connectivity index (χ3n) is 4.13. The molecule has 0 spiro atoms. The van der Waals surface area contributed by atoms with Gasteiger partial charge in [-0.25, -0.2) is 4.98 Å². The summed E-state index contributed by atoms with van der Waals surface area (Å²) in [4.78, 5) is 16.7. The van der Waals surface area contributed by atoms with Crippen LogP contribution in [-0.2, 0) is 17.6 Å². The lowest BCUT2D eigenvalue weighted by atomic mass is 10.0. The lowest BCUT2D eigenvalue weighted by Gasteiger charge is -2.11. The number of aromatic nitrogens is 3. The highest BCUT2D eigenvalue weighted by Crippen LogP contribution is 2.17. The van der Waals surface area contributed by atoms with Gasteiger partial charge in [0.25, 0.3) is 0 Å². The molecule has 0 aliphatic carbocycles. The molecule has 1 amide bonds. The van der Waals surface area contributed by atoms with Crippen molar-refractivity contribution in [2.45, 2.75) is 19.8 Å². The molecular weight excluding hydrogens is 348 g/mol. The second-order valence-electron chi connectivity index (χ2n) is 6.24. The van der Waals surface area contributed by atoms with Crippen molar-refractivity contribution in [1.82, 2.24) is 20.5 Å². The molecule has 0 unspecified atom stereocenters. The second kappa shape index (κ2) is 8.63. The van der Waals surface area contributed by atoms with Crippen LogP contribution in [0.4, 0.5) is 0 Å². The van der Waals surface area contributed by atoms with Gasteiger partial charge in [-0.2, -0.15) is 5.10 Å². The van der Waals surface area contributed by atoms with Crippen LogP contribution in [0.1, 0.15) is 18.3 Å². The Kier molecular flexibility index (Phi) is 6.02. The van der Waals surface area contributed by atoms with Crippen molar-refractivity contribution in [3.05, 3.63) is 71.0 Å². The molecule has 26 heavy (non-hydrogen) atoms. The maximum Gasteiger partial charge on any atom is 0.223 e. The van der Waals surface area contributed by atoms with Crippen molar-refractivity contribution in [3.63, 3.8) is 0 Å². The summed E-state index contributed by atoms with van der Waals surface area (Å²) in [6, 6.07) is 17.4. The fraction of sp³-hybridized carbons (Fsp3) is 0.250. The number of hydrogen-bond donors (Lipinski definition) is 2. The number of nitrogens with zero attached hydrogens (tertiary/aromatic N) is 2. The van der Waals surface area contributed by atoms with E-state index in [1.807, 2.05) is 49.4 Å². The van der Waals surface area contributed by atoms with E-state index in [-0.39, 0.29) is 11.8 Å². The molecule has 0 saturated heterocycles. The van der Waals surface area contributed by atoms with E-state index in [0.717, 1.165) is 23.4 Å². The first kappa shape index (κ1) is 18.1. The van der Waals surface area contributed by atoms with Gasteiger partial charge in [-0.15, -0.1) is 0 Å². The van der Waals surface area contributed by atoms with E-state index in [9.17, 15) is 4.79 Å². The number of carbonyl (C=O) groups excluding carboxylic acids is 1. The molecule has 5 nitrogen and oxygen atoms in total. The van der Waals surface area contributed by atoms with Crippen LogP contribution < -0.4 is 5.32 Å². The molecule has 1 atom stereocenters. The summed E-state index contributed by atoms with van der Waals surface area (Å²) in [5.74, 6) is 1.34. The van der Waals surface area contributed by atoms with E-state index in [1.54, 1.807) is 12.1 Å². The van der Waals surface area contributed by atoms with Crippen LogP contribution >= 0.6 is 11.6 Å². The maximum absolute atomic E-state index is 12.2. The minimum atomic E-state index is -0.0724. The number of benzene rings is 2. The van der Waals surface area contributed by atoms with Gasteiger partial charge in [0.05, 0.1) is 0 Å². The number of hydrogen-bond acceptors (Lipinski definition) is 3. The molecule has 2 N–H and O–H groups in total. The molecule has 0 radical (unpaired) electrons. The number of amides is 1. The minimum absolute atomic E-state index is 0.0475. The zero-order valence-corrected chi connectivity index (χ0v) is 15.3. The Morgan fingerprint density at radius 2 is 1.88 bits per heavy atom. The SMILES string of the molecule is C[C@H](Cc1ccccc1)C(=O)NCCc1nc(-c2ccc(Cl)cc2)n[nH]1. The largest absolute Gasteiger partial charge is 0.355 e. The summed E-state index contributed by atoms with van der Waals surface area (Å²) in [6.45, 7) is 2.46. The fourth-order valence-corrected chi connectivity index (χ4v) is 2.80. The van der Waals surface area contributed by atoms with Gasteiger partial charge in [-0.1, -0.05) is 48.9 Å². The molecule has 1 heterocycles. The fourth-order valence-electron chi connectivity index (χ4n) is 2.67. The minimum Gasteiger partial charge on any atom is -0.355 e. The predicted octanol–water partition coefficient (Wildman–Crippen LogP) is 3.66. The van der Waals surface area contributed by atoms with Crippen LogP contribution in [0.5, 0.6) is 0 Å². The molecule has 0 aliphatic rings. The van der Waals surface area contributed by atoms with Gasteiger partial charge >= 0.3 is 0 Å². The summed E-state index contributed by atoms with van der Waals surface area (Å²) in [6.07, 6.45) is 1.33. The van der Waals surface area contributed by atoms with E-state index in [2.05, 4.69) is 20.5 Å². The zero-order valence-electron chi connectivity index (χ0n) is 14.6. The summed E-state index contributed by atoms with van der Waals surface area (Å²) >= 11 is 5.89. The van der Waals surface area contributed by atoms with Crippen molar-refractivity contribution in [2.75, 3.05) is 6.54 Å². The summed E-state index contributed by atoms with van der Waals surface area (Å²) < 4.78 is 0. The van der Waals surface area contributed by atoms with Crippen molar-refractivity contribution < 1.29 is 4.79 Å². The van der Waals surface area contributed by atoms with Crippen molar-refractivity contribution in [3.8, 4) is 11.4 Å². The average molecular weight is 369 g/mol. The Bertz CT molecular complexity index is 846. The average Bonchev–Trinajstić information content (AvgIpc) is 3.12. The van der Waals surface area contributed by atoms with Gasteiger partial charge in [-0.05, 0) is 36.2 Å². The Balaban J connectivity index is 1.47. The molecule has 3 rings (SSSR count). The highest BCUT2D eigenvalue weighted by Gasteiger charge is 2.13. The predicted molar refractivity (Wildman–Crippen MR) is 103 cm³/mol. The normalized spacial score (nSPS) is 11.9. The van der Waals surface area contributed by atoms with Crippen LogP contribution in [0.25, 0.3) is 11.4 Å². The molecule has 0 saturated carbocycles. The number of H-pyrrole nitrogens is 1. The van der Waals surface area contributed by atoms with E-state index in [1.165, 1.54) is 0 Å². The first-order valence-corrected chi connectivity index (χ1v) is 8.98. The van der Waals surface area contributed by atoms with E-state index >= 15 is 0 Å². The lowest BCUT2D eigenvalue weighted by Crippen LogP contribution is -2.32. The van der Waals surface area contributed by atoms with Crippen LogP contribution in [0, 0.1) is 5.92 Å². The molecule has 2 aromatic carbocycles. The molecule has 6 heteroatoms. The first-order chi connectivity index (χ1) is 12.6. The maximum atomic E-state index is 12.2. The number of aromatic amines is 1. The summed E-state index contributed by atoms with van der Waals surface area (Å²) in [5, 5.41) is 10.8. The molecular formula is C20H21ClN4O. The third kappa shape index (κ3) is 4.92. The van der Waals surface area contributed by atoms with Crippen molar-refractivity contribution in [1.29, 1.82) is 0 Å². The lowest BCUT2D eigenvalue weighted by molar-refractivity contribution is -0.124. The number of rotatable bonds is 7. The molecule has 0 fully saturated rings. The molecule has 134 valence electrons. The summed E-state index contributed by atoms with van der Waals surface area (Å²) in [5.41, 5.74) is 2.07. The van der Waals surface area contributed by atoms with E-state index in [0.29, 0.717) is 23.8 Å². The number of halogens is 1.